The Bertz CT molecular complexity index is 210. The molecule has 0 aromatic carbocycles. The van der Waals surface area contributed by atoms with E-state index in [0.29, 0.717) is 17.7 Å². The van der Waals surface area contributed by atoms with Crippen molar-refractivity contribution in [2.45, 2.75) is 69.1 Å². The Labute approximate surface area is 86.4 Å². The van der Waals surface area contributed by atoms with Gasteiger partial charge < -0.3 is 10.1 Å². The first-order valence-electron chi connectivity index (χ1n) is 6.27. The van der Waals surface area contributed by atoms with Crippen LogP contribution in [0.15, 0.2) is 0 Å². The maximum atomic E-state index is 6.06. The lowest BCUT2D eigenvalue weighted by Crippen LogP contribution is -2.62. The molecule has 2 saturated carbocycles. The summed E-state index contributed by atoms with van der Waals surface area (Å²) in [6.45, 7) is 0.980. The Morgan fingerprint density at radius 1 is 1.00 bits per heavy atom. The van der Waals surface area contributed by atoms with Crippen molar-refractivity contribution in [1.82, 2.24) is 5.32 Å². The van der Waals surface area contributed by atoms with Crippen LogP contribution in [0, 0.1) is 0 Å². The van der Waals surface area contributed by atoms with Gasteiger partial charge in [0.1, 0.15) is 0 Å². The van der Waals surface area contributed by atoms with E-state index in [0.717, 1.165) is 6.61 Å². The summed E-state index contributed by atoms with van der Waals surface area (Å²) in [7, 11) is 0. The Balaban J connectivity index is 1.70. The molecule has 0 amide bonds. The molecule has 2 nitrogen and oxygen atoms in total. The molecular formula is C12H21NO. The average Bonchev–Trinajstić information content (AvgIpc) is 2.66. The SMILES string of the molecule is C1CCC2OCC3(CCCC3)NC2C1. The molecule has 1 N–H and O–H groups in total. The number of hydrogen-bond acceptors (Lipinski definition) is 2. The predicted octanol–water partition coefficient (Wildman–Crippen LogP) is 2.23. The molecule has 0 aromatic rings. The van der Waals surface area contributed by atoms with E-state index in [1.807, 2.05) is 0 Å². The van der Waals surface area contributed by atoms with Crippen molar-refractivity contribution >= 4 is 0 Å². The minimum Gasteiger partial charge on any atom is -0.375 e. The van der Waals surface area contributed by atoms with E-state index in [-0.39, 0.29) is 0 Å². The van der Waals surface area contributed by atoms with Crippen molar-refractivity contribution < 1.29 is 4.74 Å². The first kappa shape index (κ1) is 9.17. The first-order valence-corrected chi connectivity index (χ1v) is 6.27. The van der Waals surface area contributed by atoms with Crippen molar-refractivity contribution in [3.63, 3.8) is 0 Å². The molecule has 3 fully saturated rings. The molecule has 14 heavy (non-hydrogen) atoms. The summed E-state index contributed by atoms with van der Waals surface area (Å²) in [4.78, 5) is 0. The number of ether oxygens (including phenoxy) is 1. The molecule has 3 rings (SSSR count). The molecular weight excluding hydrogens is 174 g/mol. The van der Waals surface area contributed by atoms with E-state index in [2.05, 4.69) is 5.32 Å². The van der Waals surface area contributed by atoms with E-state index < -0.39 is 0 Å². The maximum Gasteiger partial charge on any atom is 0.0729 e. The summed E-state index contributed by atoms with van der Waals surface area (Å²) >= 11 is 0. The second kappa shape index (κ2) is 3.49. The molecule has 1 aliphatic heterocycles. The van der Waals surface area contributed by atoms with Crippen LogP contribution in [-0.2, 0) is 4.74 Å². The standard InChI is InChI=1S/C12H21NO/c1-2-6-11-10(5-1)13-12(9-14-11)7-3-4-8-12/h10-11,13H,1-9H2. The van der Waals surface area contributed by atoms with Gasteiger partial charge in [0, 0.05) is 11.6 Å². The third-order valence-corrected chi connectivity index (χ3v) is 4.33. The predicted molar refractivity (Wildman–Crippen MR) is 56.3 cm³/mol. The highest BCUT2D eigenvalue weighted by Crippen LogP contribution is 2.36. The molecule has 3 aliphatic rings. The van der Waals surface area contributed by atoms with E-state index in [4.69, 9.17) is 4.74 Å². The summed E-state index contributed by atoms with van der Waals surface area (Å²) in [6, 6.07) is 0.676. The molecule has 2 unspecified atom stereocenters. The Kier molecular flexibility index (Phi) is 2.29. The van der Waals surface area contributed by atoms with Crippen LogP contribution in [-0.4, -0.2) is 24.3 Å². The highest BCUT2D eigenvalue weighted by atomic mass is 16.5. The second-order valence-electron chi connectivity index (χ2n) is 5.37. The van der Waals surface area contributed by atoms with E-state index in [9.17, 15) is 0 Å². The van der Waals surface area contributed by atoms with Gasteiger partial charge in [-0.2, -0.15) is 0 Å². The Morgan fingerprint density at radius 2 is 1.79 bits per heavy atom. The van der Waals surface area contributed by atoms with Crippen LogP contribution < -0.4 is 5.32 Å². The van der Waals surface area contributed by atoms with Crippen LogP contribution >= 0.6 is 0 Å². The zero-order valence-electron chi connectivity index (χ0n) is 8.93. The smallest absolute Gasteiger partial charge is 0.0729 e. The van der Waals surface area contributed by atoms with Gasteiger partial charge in [0.15, 0.2) is 0 Å². The number of nitrogens with one attached hydrogen (secondary N) is 1. The van der Waals surface area contributed by atoms with Crippen molar-refractivity contribution in [1.29, 1.82) is 0 Å². The average molecular weight is 195 g/mol. The fourth-order valence-corrected chi connectivity index (χ4v) is 3.50. The van der Waals surface area contributed by atoms with Crippen LogP contribution in [0.5, 0.6) is 0 Å². The number of fused-ring (bicyclic) bond motifs is 1. The van der Waals surface area contributed by atoms with Crippen LogP contribution in [0.1, 0.15) is 51.4 Å². The fraction of sp³-hybridized carbons (Fsp3) is 1.00. The summed E-state index contributed by atoms with van der Waals surface area (Å²) in [5, 5.41) is 3.91. The van der Waals surface area contributed by atoms with E-state index >= 15 is 0 Å². The monoisotopic (exact) mass is 195 g/mol. The van der Waals surface area contributed by atoms with Gasteiger partial charge in [-0.15, -0.1) is 0 Å². The molecule has 1 saturated heterocycles. The molecule has 80 valence electrons. The Hall–Kier alpha value is -0.0800. The molecule has 0 bridgehead atoms. The third-order valence-electron chi connectivity index (χ3n) is 4.33. The molecule has 1 spiro atoms. The maximum absolute atomic E-state index is 6.06. The number of hydrogen-bond donors (Lipinski definition) is 1. The second-order valence-corrected chi connectivity index (χ2v) is 5.37. The van der Waals surface area contributed by atoms with Crippen LogP contribution in [0.25, 0.3) is 0 Å². The largest absolute Gasteiger partial charge is 0.375 e. The summed E-state index contributed by atoms with van der Waals surface area (Å²) in [6.07, 6.45) is 11.4. The van der Waals surface area contributed by atoms with Crippen LogP contribution in [0.3, 0.4) is 0 Å². The molecule has 2 atom stereocenters. The van der Waals surface area contributed by atoms with Gasteiger partial charge in [-0.1, -0.05) is 25.7 Å². The summed E-state index contributed by atoms with van der Waals surface area (Å²) in [5.41, 5.74) is 0.387. The highest BCUT2D eigenvalue weighted by Gasteiger charge is 2.43. The van der Waals surface area contributed by atoms with Crippen LogP contribution in [0.4, 0.5) is 0 Å². The lowest BCUT2D eigenvalue weighted by atomic mass is 9.86. The third kappa shape index (κ3) is 1.49. The molecule has 1 heterocycles. The molecule has 0 radical (unpaired) electrons. The van der Waals surface area contributed by atoms with Gasteiger partial charge in [0.2, 0.25) is 0 Å². The minimum atomic E-state index is 0.387. The van der Waals surface area contributed by atoms with Gasteiger partial charge in [-0.05, 0) is 25.7 Å². The topological polar surface area (TPSA) is 21.3 Å². The van der Waals surface area contributed by atoms with E-state index in [1.165, 1.54) is 51.4 Å². The number of morpholine rings is 1. The van der Waals surface area contributed by atoms with Crippen LogP contribution in [0.2, 0.25) is 0 Å². The molecule has 2 aliphatic carbocycles. The lowest BCUT2D eigenvalue weighted by Gasteiger charge is -2.46. The zero-order valence-corrected chi connectivity index (χ0v) is 8.93. The molecule has 2 heteroatoms. The van der Waals surface area contributed by atoms with Gasteiger partial charge in [-0.25, -0.2) is 0 Å². The molecule has 0 aromatic heterocycles. The summed E-state index contributed by atoms with van der Waals surface area (Å²) < 4.78 is 6.06. The minimum absolute atomic E-state index is 0.387. The highest BCUT2D eigenvalue weighted by molar-refractivity contribution is 5.00. The van der Waals surface area contributed by atoms with E-state index in [1.54, 1.807) is 0 Å². The lowest BCUT2D eigenvalue weighted by molar-refractivity contribution is -0.0761. The van der Waals surface area contributed by atoms with Crippen molar-refractivity contribution in [2.24, 2.45) is 0 Å². The fourth-order valence-electron chi connectivity index (χ4n) is 3.50. The van der Waals surface area contributed by atoms with Gasteiger partial charge in [0.05, 0.1) is 12.7 Å². The van der Waals surface area contributed by atoms with Crippen molar-refractivity contribution in [3.05, 3.63) is 0 Å². The van der Waals surface area contributed by atoms with Crippen molar-refractivity contribution in [2.75, 3.05) is 6.61 Å². The van der Waals surface area contributed by atoms with Crippen molar-refractivity contribution in [3.8, 4) is 0 Å². The van der Waals surface area contributed by atoms with Gasteiger partial charge >= 0.3 is 0 Å². The quantitative estimate of drug-likeness (QED) is 0.640. The zero-order chi connectivity index (χ0) is 9.43. The summed E-state index contributed by atoms with van der Waals surface area (Å²) in [5.74, 6) is 0. The number of rotatable bonds is 0. The first-order chi connectivity index (χ1) is 6.88. The Morgan fingerprint density at radius 3 is 2.64 bits per heavy atom. The normalized spacial score (nSPS) is 41.1. The van der Waals surface area contributed by atoms with Gasteiger partial charge in [0.25, 0.3) is 0 Å². The van der Waals surface area contributed by atoms with Gasteiger partial charge in [-0.3, -0.25) is 0 Å².